The van der Waals surface area contributed by atoms with Crippen molar-refractivity contribution in [2.24, 2.45) is 5.16 Å². The maximum atomic E-state index is 12.0. The van der Waals surface area contributed by atoms with Gasteiger partial charge in [-0.05, 0) is 38.5 Å². The zero-order chi connectivity index (χ0) is 53.8. The summed E-state index contributed by atoms with van der Waals surface area (Å²) >= 11 is 0. The summed E-state index contributed by atoms with van der Waals surface area (Å²) in [4.78, 5) is 0. The van der Waals surface area contributed by atoms with Gasteiger partial charge in [0.05, 0.1) is 5.71 Å². The second kappa shape index (κ2) is 71.9. The quantitative estimate of drug-likeness (QED) is 0.0165. The molecule has 0 heterocycles. The zero-order valence-electron chi connectivity index (χ0n) is 52.1. The molecule has 0 aromatic heterocycles. The van der Waals surface area contributed by atoms with Crippen LogP contribution >= 0.6 is 0 Å². The molecular formula is C70H142N2O2. The van der Waals surface area contributed by atoms with Gasteiger partial charge in [-0.15, -0.1) is 0 Å². The number of hydrogen-bond acceptors (Lipinski definition) is 3. The molecule has 444 valence electrons. The van der Waals surface area contributed by atoms with Crippen molar-refractivity contribution in [2.75, 3.05) is 6.54 Å². The predicted molar refractivity (Wildman–Crippen MR) is 337 cm³/mol. The normalized spacial score (nSPS) is 12.0. The lowest BCUT2D eigenvalue weighted by Gasteiger charge is -2.06. The third-order valence-electron chi connectivity index (χ3n) is 16.4. The van der Waals surface area contributed by atoms with Crippen molar-refractivity contribution in [3.05, 3.63) is 5.21 Å². The number of hydroxylamine groups is 1. The second-order valence-electron chi connectivity index (χ2n) is 24.1. The summed E-state index contributed by atoms with van der Waals surface area (Å²) in [7, 11) is 0. The van der Waals surface area contributed by atoms with Gasteiger partial charge in [-0.25, -0.2) is 4.74 Å². The Morgan fingerprint density at radius 3 is 0.649 bits per heavy atom. The van der Waals surface area contributed by atoms with Crippen LogP contribution in [-0.2, 0) is 0 Å². The molecule has 1 N–H and O–H groups in total. The smallest absolute Gasteiger partial charge is 0.153 e. The molecule has 0 saturated heterocycles. The minimum atomic E-state index is 0.705. The molecule has 0 unspecified atom stereocenters. The Kier molecular flexibility index (Phi) is 72.9. The van der Waals surface area contributed by atoms with Gasteiger partial charge in [-0.1, -0.05) is 386 Å². The van der Waals surface area contributed by atoms with Gasteiger partial charge in [0, 0.05) is 12.8 Å². The van der Waals surface area contributed by atoms with Gasteiger partial charge >= 0.3 is 0 Å². The van der Waals surface area contributed by atoms with E-state index in [-0.39, 0.29) is 0 Å². The summed E-state index contributed by atoms with van der Waals surface area (Å²) in [5.41, 5.74) is 1.05. The van der Waals surface area contributed by atoms with Crippen molar-refractivity contribution in [2.45, 2.75) is 432 Å². The van der Waals surface area contributed by atoms with Crippen molar-refractivity contribution in [1.29, 1.82) is 0 Å². The molecule has 0 saturated carbocycles. The first-order chi connectivity index (χ1) is 36.7. The fraction of sp³-hybridized carbons (Fsp3) is 0.971. The first-order valence-corrected chi connectivity index (χ1v) is 35.1. The van der Waals surface area contributed by atoms with E-state index in [0.29, 0.717) is 6.54 Å². The van der Waals surface area contributed by atoms with Crippen molar-refractivity contribution >= 4 is 11.9 Å². The van der Waals surface area contributed by atoms with E-state index in [9.17, 15) is 10.4 Å². The molecule has 0 spiro atoms. The number of rotatable bonds is 64. The fourth-order valence-electron chi connectivity index (χ4n) is 11.1. The fourth-order valence-corrected chi connectivity index (χ4v) is 11.1. The Morgan fingerprint density at radius 1 is 0.270 bits per heavy atom. The Balaban J connectivity index is 0. The monoisotopic (exact) mass is 1040 g/mol. The maximum Gasteiger partial charge on any atom is 0.153 e. The molecule has 0 aliphatic carbocycles. The van der Waals surface area contributed by atoms with E-state index >= 15 is 0 Å². The molecule has 0 aromatic rings. The van der Waals surface area contributed by atoms with Crippen molar-refractivity contribution in [1.82, 2.24) is 0 Å². The number of unbranched alkanes of at least 4 members (excludes halogenated alkanes) is 57. The molecule has 4 nitrogen and oxygen atoms in total. The SMILES string of the molecule is CCCCCCCCCCCCCCCCCC=[N+]([O-])CCCCCCCCCCCCCCCCC.CCCCCCCCCCCCCCCCCCC(CCCCCCCCCCCCCCCC)=NO. The first-order valence-electron chi connectivity index (χ1n) is 35.1. The topological polar surface area (TPSA) is 58.7 Å². The molecular weight excluding hydrogens is 901 g/mol. The average molecular weight is 1040 g/mol. The molecule has 0 aliphatic heterocycles. The van der Waals surface area contributed by atoms with E-state index in [1.165, 1.54) is 384 Å². The Morgan fingerprint density at radius 2 is 0.446 bits per heavy atom. The van der Waals surface area contributed by atoms with Crippen LogP contribution in [0.25, 0.3) is 0 Å². The van der Waals surface area contributed by atoms with Crippen LogP contribution in [-0.4, -0.2) is 28.4 Å². The lowest BCUT2D eigenvalue weighted by Crippen LogP contribution is -2.06. The van der Waals surface area contributed by atoms with E-state index in [1.807, 2.05) is 6.21 Å². The highest BCUT2D eigenvalue weighted by Crippen LogP contribution is 2.19. The van der Waals surface area contributed by atoms with Crippen LogP contribution < -0.4 is 0 Å². The molecule has 0 fully saturated rings. The Bertz CT molecular complexity index is 1030. The molecule has 74 heavy (non-hydrogen) atoms. The lowest BCUT2D eigenvalue weighted by atomic mass is 10.0. The number of hydrogen-bond donors (Lipinski definition) is 1. The van der Waals surface area contributed by atoms with Gasteiger partial charge in [-0.2, -0.15) is 0 Å². The zero-order valence-corrected chi connectivity index (χ0v) is 52.1. The molecule has 4 heteroatoms. The van der Waals surface area contributed by atoms with Crippen LogP contribution in [0.4, 0.5) is 0 Å². The van der Waals surface area contributed by atoms with Crippen molar-refractivity contribution in [3.8, 4) is 0 Å². The first kappa shape index (κ1) is 75.0. The molecule has 0 bridgehead atoms. The summed E-state index contributed by atoms with van der Waals surface area (Å²) in [5, 5.41) is 24.9. The van der Waals surface area contributed by atoms with Crippen molar-refractivity contribution in [3.63, 3.8) is 0 Å². The highest BCUT2D eigenvalue weighted by Gasteiger charge is 2.03. The van der Waals surface area contributed by atoms with Gasteiger partial charge in [0.15, 0.2) is 12.8 Å². The molecule has 0 radical (unpaired) electrons. The average Bonchev–Trinajstić information content (AvgIpc) is 3.41. The van der Waals surface area contributed by atoms with Crippen LogP contribution in [0, 0.1) is 5.21 Å². The predicted octanol–water partition coefficient (Wildman–Crippen LogP) is 26.0. The van der Waals surface area contributed by atoms with Crippen LogP contribution in [0.5, 0.6) is 0 Å². The second-order valence-corrected chi connectivity index (χ2v) is 24.1. The largest absolute Gasteiger partial charge is 0.624 e. The van der Waals surface area contributed by atoms with Gasteiger partial charge in [0.2, 0.25) is 0 Å². The van der Waals surface area contributed by atoms with E-state index in [1.54, 1.807) is 0 Å². The number of oxime groups is 1. The van der Waals surface area contributed by atoms with Gasteiger partial charge in [0.1, 0.15) is 0 Å². The van der Waals surface area contributed by atoms with E-state index in [2.05, 4.69) is 32.9 Å². The highest BCUT2D eigenvalue weighted by molar-refractivity contribution is 5.83. The molecule has 0 amide bonds. The van der Waals surface area contributed by atoms with Gasteiger partial charge < -0.3 is 10.4 Å². The third-order valence-corrected chi connectivity index (χ3v) is 16.4. The van der Waals surface area contributed by atoms with Crippen LogP contribution in [0.1, 0.15) is 432 Å². The Labute approximate surface area is 468 Å². The van der Waals surface area contributed by atoms with Crippen LogP contribution in [0.15, 0.2) is 5.16 Å². The lowest BCUT2D eigenvalue weighted by molar-refractivity contribution is -0.454. The van der Waals surface area contributed by atoms with E-state index < -0.39 is 0 Å². The molecule has 0 aromatic carbocycles. The summed E-state index contributed by atoms with van der Waals surface area (Å²) < 4.78 is 1.21. The standard InChI is InChI=1S/2C35H71NO/c1-3-5-7-9-11-13-15-17-19-20-22-24-26-28-30-32-34-35(36-37)33-31-29-27-25-23-21-18-16-14-12-10-8-6-4-2;1-3-5-7-9-11-13-15-17-19-21-23-25-27-29-31-33-35-36(37)34-32-30-28-26-24-22-20-18-16-14-12-10-8-6-4-2/h37H,3-34H2,1-2H3;35H,3-34H2,1-2H3. The van der Waals surface area contributed by atoms with Crippen LogP contribution in [0.3, 0.4) is 0 Å². The van der Waals surface area contributed by atoms with Crippen molar-refractivity contribution < 1.29 is 9.95 Å². The van der Waals surface area contributed by atoms with E-state index in [0.717, 1.165) is 31.4 Å². The minimum absolute atomic E-state index is 0.705. The summed E-state index contributed by atoms with van der Waals surface area (Å²) in [6.07, 6.45) is 88.6. The summed E-state index contributed by atoms with van der Waals surface area (Å²) in [6.45, 7) is 9.88. The third kappa shape index (κ3) is 70.9. The van der Waals surface area contributed by atoms with E-state index in [4.69, 9.17) is 0 Å². The highest BCUT2D eigenvalue weighted by atomic mass is 16.5. The van der Waals surface area contributed by atoms with Gasteiger partial charge in [-0.3, -0.25) is 0 Å². The number of nitrogens with zero attached hydrogens (tertiary/aromatic N) is 2. The minimum Gasteiger partial charge on any atom is -0.624 e. The summed E-state index contributed by atoms with van der Waals surface area (Å²) in [5.74, 6) is 0. The maximum absolute atomic E-state index is 12.0. The van der Waals surface area contributed by atoms with Crippen LogP contribution in [0.2, 0.25) is 0 Å². The Hall–Kier alpha value is -1.06. The summed E-state index contributed by atoms with van der Waals surface area (Å²) in [6, 6.07) is 0. The van der Waals surface area contributed by atoms with Gasteiger partial charge in [0.25, 0.3) is 0 Å². The molecule has 0 atom stereocenters. The molecule has 0 rings (SSSR count). The molecule has 0 aliphatic rings.